The van der Waals surface area contributed by atoms with Crippen LogP contribution in [-0.2, 0) is 6.42 Å². The van der Waals surface area contributed by atoms with Crippen LogP contribution in [0.15, 0.2) is 59.4 Å². The van der Waals surface area contributed by atoms with Crippen molar-refractivity contribution >= 4 is 5.91 Å². The molecular weight excluding hydrogens is 314 g/mol. The Morgan fingerprint density at radius 3 is 2.76 bits per heavy atom. The third kappa shape index (κ3) is 4.59. The van der Waals surface area contributed by atoms with Gasteiger partial charge in [-0.1, -0.05) is 36.8 Å². The van der Waals surface area contributed by atoms with E-state index in [1.54, 1.807) is 11.0 Å². The van der Waals surface area contributed by atoms with Crippen molar-refractivity contribution in [2.75, 3.05) is 13.6 Å². The van der Waals surface area contributed by atoms with Crippen LogP contribution in [0.4, 0.5) is 0 Å². The van der Waals surface area contributed by atoms with Gasteiger partial charge < -0.3 is 9.32 Å². The number of hydrogen-bond donors (Lipinski definition) is 1. The second-order valence-corrected chi connectivity index (χ2v) is 6.19. The van der Waals surface area contributed by atoms with Gasteiger partial charge in [0, 0.05) is 24.8 Å². The molecule has 25 heavy (non-hydrogen) atoms. The van der Waals surface area contributed by atoms with E-state index in [-0.39, 0.29) is 5.91 Å². The average molecular weight is 337 g/mol. The normalized spacial score (nSPS) is 10.8. The lowest BCUT2D eigenvalue weighted by Crippen LogP contribution is -2.27. The Balaban J connectivity index is 1.38. The summed E-state index contributed by atoms with van der Waals surface area (Å²) in [6.45, 7) is 0.752. The topological polar surface area (TPSA) is 62.1 Å². The van der Waals surface area contributed by atoms with Crippen LogP contribution in [0.5, 0.6) is 0 Å². The average Bonchev–Trinajstić information content (AvgIpc) is 3.33. The van der Waals surface area contributed by atoms with Crippen molar-refractivity contribution in [3.8, 4) is 11.3 Å². The molecule has 0 saturated heterocycles. The van der Waals surface area contributed by atoms with E-state index in [0.717, 1.165) is 49.2 Å². The molecule has 0 unspecified atom stereocenters. The van der Waals surface area contributed by atoms with Gasteiger partial charge in [-0.2, -0.15) is 5.10 Å². The first-order chi connectivity index (χ1) is 12.2. The lowest BCUT2D eigenvalue weighted by molar-refractivity contribution is 0.0792. The highest BCUT2D eigenvalue weighted by atomic mass is 16.3. The van der Waals surface area contributed by atoms with E-state index in [1.807, 2.05) is 25.2 Å². The molecule has 0 spiro atoms. The van der Waals surface area contributed by atoms with Crippen LogP contribution in [0.2, 0.25) is 0 Å². The van der Waals surface area contributed by atoms with Gasteiger partial charge >= 0.3 is 0 Å². The Bertz CT molecular complexity index is 778. The summed E-state index contributed by atoms with van der Waals surface area (Å²) in [6, 6.07) is 14.0. The predicted octanol–water partition coefficient (Wildman–Crippen LogP) is 4.15. The zero-order valence-electron chi connectivity index (χ0n) is 14.4. The summed E-state index contributed by atoms with van der Waals surface area (Å²) >= 11 is 0. The number of aryl methyl sites for hydroxylation is 1. The van der Waals surface area contributed by atoms with Crippen molar-refractivity contribution in [3.63, 3.8) is 0 Å². The van der Waals surface area contributed by atoms with Crippen molar-refractivity contribution in [3.05, 3.63) is 66.2 Å². The first-order valence-electron chi connectivity index (χ1n) is 8.61. The summed E-state index contributed by atoms with van der Waals surface area (Å²) in [5, 5.41) is 7.49. The number of aromatic nitrogens is 2. The maximum atomic E-state index is 12.1. The van der Waals surface area contributed by atoms with Gasteiger partial charge in [0.2, 0.25) is 0 Å². The van der Waals surface area contributed by atoms with Gasteiger partial charge in [0.1, 0.15) is 6.26 Å². The molecule has 2 heterocycles. The third-order valence-electron chi connectivity index (χ3n) is 4.25. The highest BCUT2D eigenvalue weighted by molar-refractivity contribution is 5.93. The standard InChI is InChI=1S/C20H23N3O2/c1-23(20(24)17-11-13-25-15-17)12-7-3-6-10-18-14-19(22-21-18)16-8-4-2-5-9-16/h2,4-5,8-9,11,13-15H,3,6-7,10,12H2,1H3,(H,21,22). The molecule has 0 fully saturated rings. The number of aromatic amines is 1. The summed E-state index contributed by atoms with van der Waals surface area (Å²) in [6.07, 6.45) is 7.11. The van der Waals surface area contributed by atoms with Gasteiger partial charge in [-0.15, -0.1) is 0 Å². The largest absolute Gasteiger partial charge is 0.472 e. The van der Waals surface area contributed by atoms with E-state index in [9.17, 15) is 4.79 Å². The summed E-state index contributed by atoms with van der Waals surface area (Å²) < 4.78 is 4.95. The summed E-state index contributed by atoms with van der Waals surface area (Å²) in [7, 11) is 1.83. The number of nitrogens with one attached hydrogen (secondary N) is 1. The molecule has 5 nitrogen and oxygen atoms in total. The number of furan rings is 1. The van der Waals surface area contributed by atoms with Crippen LogP contribution < -0.4 is 0 Å². The van der Waals surface area contributed by atoms with E-state index >= 15 is 0 Å². The van der Waals surface area contributed by atoms with Gasteiger partial charge in [0.05, 0.1) is 17.5 Å². The van der Waals surface area contributed by atoms with Gasteiger partial charge in [0.15, 0.2) is 0 Å². The lowest BCUT2D eigenvalue weighted by atomic mass is 10.1. The molecule has 1 amide bonds. The predicted molar refractivity (Wildman–Crippen MR) is 97.2 cm³/mol. The number of hydrogen-bond acceptors (Lipinski definition) is 3. The van der Waals surface area contributed by atoms with Crippen molar-refractivity contribution in [1.82, 2.24) is 15.1 Å². The fraction of sp³-hybridized carbons (Fsp3) is 0.300. The summed E-state index contributed by atoms with van der Waals surface area (Å²) in [5.41, 5.74) is 3.88. The second-order valence-electron chi connectivity index (χ2n) is 6.19. The first kappa shape index (κ1) is 17.0. The molecule has 0 saturated carbocycles. The first-order valence-corrected chi connectivity index (χ1v) is 8.61. The maximum Gasteiger partial charge on any atom is 0.256 e. The van der Waals surface area contributed by atoms with Crippen molar-refractivity contribution in [2.45, 2.75) is 25.7 Å². The lowest BCUT2D eigenvalue weighted by Gasteiger charge is -2.15. The van der Waals surface area contributed by atoms with Crippen LogP contribution in [0, 0.1) is 0 Å². The number of benzene rings is 1. The van der Waals surface area contributed by atoms with Crippen molar-refractivity contribution in [1.29, 1.82) is 0 Å². The molecular formula is C20H23N3O2. The summed E-state index contributed by atoms with van der Waals surface area (Å²) in [5.74, 6) is 0.00909. The minimum Gasteiger partial charge on any atom is -0.472 e. The van der Waals surface area contributed by atoms with E-state index in [4.69, 9.17) is 4.42 Å². The number of rotatable bonds is 8. The molecule has 0 radical (unpaired) electrons. The Hall–Kier alpha value is -2.82. The number of carbonyl (C=O) groups excluding carboxylic acids is 1. The number of nitrogens with zero attached hydrogens (tertiary/aromatic N) is 2. The van der Waals surface area contributed by atoms with Crippen LogP contribution in [0.3, 0.4) is 0 Å². The van der Waals surface area contributed by atoms with Crippen LogP contribution in [0.1, 0.15) is 35.3 Å². The van der Waals surface area contributed by atoms with Crippen LogP contribution in [-0.4, -0.2) is 34.6 Å². The Kier molecular flexibility index (Phi) is 5.67. The molecule has 0 aliphatic rings. The molecule has 3 aromatic rings. The van der Waals surface area contributed by atoms with Crippen molar-refractivity contribution < 1.29 is 9.21 Å². The maximum absolute atomic E-state index is 12.1. The molecule has 1 aromatic carbocycles. The Morgan fingerprint density at radius 1 is 1.16 bits per heavy atom. The smallest absolute Gasteiger partial charge is 0.256 e. The third-order valence-corrected chi connectivity index (χ3v) is 4.25. The zero-order valence-corrected chi connectivity index (χ0v) is 14.4. The fourth-order valence-electron chi connectivity index (χ4n) is 2.80. The van der Waals surface area contributed by atoms with Crippen molar-refractivity contribution in [2.24, 2.45) is 0 Å². The molecule has 0 atom stereocenters. The van der Waals surface area contributed by atoms with Gasteiger partial charge in [-0.3, -0.25) is 9.89 Å². The minimum atomic E-state index is 0.00909. The van der Waals surface area contributed by atoms with Crippen LogP contribution >= 0.6 is 0 Å². The molecule has 5 heteroatoms. The Labute approximate surface area is 147 Å². The Morgan fingerprint density at radius 2 is 2.00 bits per heavy atom. The molecule has 0 bridgehead atoms. The minimum absolute atomic E-state index is 0.00909. The second kappa shape index (κ2) is 8.33. The van der Waals surface area contributed by atoms with E-state index in [1.165, 1.54) is 12.5 Å². The van der Waals surface area contributed by atoms with Crippen LogP contribution in [0.25, 0.3) is 11.3 Å². The number of unbranched alkanes of at least 4 members (excludes halogenated alkanes) is 2. The molecule has 0 aliphatic carbocycles. The van der Waals surface area contributed by atoms with Gasteiger partial charge in [-0.25, -0.2) is 0 Å². The molecule has 2 aromatic heterocycles. The van der Waals surface area contributed by atoms with Gasteiger partial charge in [-0.05, 0) is 31.4 Å². The van der Waals surface area contributed by atoms with E-state index < -0.39 is 0 Å². The number of amides is 1. The molecule has 130 valence electrons. The summed E-state index contributed by atoms with van der Waals surface area (Å²) in [4.78, 5) is 13.8. The molecule has 0 aliphatic heterocycles. The van der Waals surface area contributed by atoms with E-state index in [2.05, 4.69) is 28.4 Å². The molecule has 3 rings (SSSR count). The number of H-pyrrole nitrogens is 1. The van der Waals surface area contributed by atoms with Gasteiger partial charge in [0.25, 0.3) is 5.91 Å². The molecule has 1 N–H and O–H groups in total. The SMILES string of the molecule is CN(CCCCCc1cc(-c2ccccc2)n[nH]1)C(=O)c1ccoc1. The highest BCUT2D eigenvalue weighted by Crippen LogP contribution is 2.18. The quantitative estimate of drug-likeness (QED) is 0.628. The number of carbonyl (C=O) groups is 1. The highest BCUT2D eigenvalue weighted by Gasteiger charge is 2.12. The fourth-order valence-corrected chi connectivity index (χ4v) is 2.80. The van der Waals surface area contributed by atoms with E-state index in [0.29, 0.717) is 5.56 Å². The zero-order chi connectivity index (χ0) is 17.5. The monoisotopic (exact) mass is 337 g/mol.